The zero-order valence-corrected chi connectivity index (χ0v) is 16.5. The van der Waals surface area contributed by atoms with Crippen molar-refractivity contribution in [2.75, 3.05) is 26.2 Å². The maximum atomic E-state index is 12.2. The zero-order valence-electron chi connectivity index (χ0n) is 15.6. The number of amides is 2. The Bertz CT molecular complexity index is 707. The number of thiophene rings is 1. The number of hydrogen-bond acceptors (Lipinski definition) is 5. The minimum absolute atomic E-state index is 0.0540. The van der Waals surface area contributed by atoms with Gasteiger partial charge in [0.25, 0.3) is 5.91 Å². The second kappa shape index (κ2) is 9.71. The van der Waals surface area contributed by atoms with Gasteiger partial charge >= 0.3 is 0 Å². The third-order valence-corrected chi connectivity index (χ3v) is 5.98. The summed E-state index contributed by atoms with van der Waals surface area (Å²) in [6, 6.07) is 7.68. The van der Waals surface area contributed by atoms with Crippen molar-refractivity contribution in [3.05, 3.63) is 46.5 Å². The maximum Gasteiger partial charge on any atom is 0.286 e. The Labute approximate surface area is 163 Å². The summed E-state index contributed by atoms with van der Waals surface area (Å²) in [6.45, 7) is 5.32. The lowest BCUT2D eigenvalue weighted by molar-refractivity contribution is -0.121. The maximum absolute atomic E-state index is 12.2. The van der Waals surface area contributed by atoms with Gasteiger partial charge in [0, 0.05) is 24.4 Å². The largest absolute Gasteiger partial charge is 0.459 e. The van der Waals surface area contributed by atoms with Crippen LogP contribution in [0.3, 0.4) is 0 Å². The summed E-state index contributed by atoms with van der Waals surface area (Å²) in [4.78, 5) is 27.8. The Morgan fingerprint density at radius 1 is 1.26 bits per heavy atom. The van der Waals surface area contributed by atoms with Crippen LogP contribution in [0.2, 0.25) is 0 Å². The first-order valence-electron chi connectivity index (χ1n) is 9.49. The van der Waals surface area contributed by atoms with Gasteiger partial charge in [0.05, 0.1) is 12.3 Å². The number of carbonyl (C=O) groups is 2. The summed E-state index contributed by atoms with van der Waals surface area (Å²) in [5, 5.41) is 7.82. The van der Waals surface area contributed by atoms with Crippen LogP contribution >= 0.6 is 11.3 Å². The van der Waals surface area contributed by atoms with Crippen LogP contribution in [-0.4, -0.2) is 42.9 Å². The van der Waals surface area contributed by atoms with Gasteiger partial charge in [0.15, 0.2) is 5.76 Å². The molecule has 3 heterocycles. The Hall–Kier alpha value is -2.12. The zero-order chi connectivity index (χ0) is 19.1. The number of rotatable bonds is 8. The van der Waals surface area contributed by atoms with E-state index in [1.807, 2.05) is 0 Å². The van der Waals surface area contributed by atoms with E-state index >= 15 is 0 Å². The van der Waals surface area contributed by atoms with E-state index in [-0.39, 0.29) is 36.6 Å². The second-order valence-corrected chi connectivity index (χ2v) is 8.02. The number of likely N-dealkylation sites (tertiary alicyclic amines) is 1. The van der Waals surface area contributed by atoms with Crippen molar-refractivity contribution in [3.8, 4) is 0 Å². The number of nitrogens with one attached hydrogen (secondary N) is 2. The van der Waals surface area contributed by atoms with Gasteiger partial charge in [0.1, 0.15) is 0 Å². The lowest BCUT2D eigenvalue weighted by Gasteiger charge is -2.36. The highest BCUT2D eigenvalue weighted by molar-refractivity contribution is 7.10. The molecule has 6 nitrogen and oxygen atoms in total. The lowest BCUT2D eigenvalue weighted by atomic mass is 9.97. The van der Waals surface area contributed by atoms with Gasteiger partial charge in [-0.05, 0) is 55.4 Å². The van der Waals surface area contributed by atoms with Crippen molar-refractivity contribution >= 4 is 23.2 Å². The van der Waals surface area contributed by atoms with Crippen molar-refractivity contribution in [3.63, 3.8) is 0 Å². The van der Waals surface area contributed by atoms with E-state index in [0.717, 1.165) is 19.0 Å². The Kier molecular flexibility index (Phi) is 7.06. The molecule has 1 saturated heterocycles. The molecule has 0 spiro atoms. The van der Waals surface area contributed by atoms with E-state index in [2.05, 4.69) is 40.0 Å². The van der Waals surface area contributed by atoms with E-state index in [4.69, 9.17) is 4.42 Å². The number of nitrogens with zero attached hydrogens (tertiary/aromatic N) is 1. The third-order valence-electron chi connectivity index (χ3n) is 5.01. The molecule has 0 saturated carbocycles. The summed E-state index contributed by atoms with van der Waals surface area (Å²) in [6.07, 6.45) is 4.11. The van der Waals surface area contributed by atoms with Crippen LogP contribution < -0.4 is 10.6 Å². The number of hydrogen-bond donors (Lipinski definition) is 2. The number of furan rings is 1. The van der Waals surface area contributed by atoms with Gasteiger partial charge in [-0.2, -0.15) is 0 Å². The highest BCUT2D eigenvalue weighted by Crippen LogP contribution is 2.29. The molecule has 1 aliphatic rings. The molecule has 0 aliphatic carbocycles. The van der Waals surface area contributed by atoms with Crippen LogP contribution in [0.4, 0.5) is 0 Å². The molecule has 146 valence electrons. The number of piperidine rings is 1. The van der Waals surface area contributed by atoms with Gasteiger partial charge in [-0.15, -0.1) is 11.3 Å². The predicted molar refractivity (Wildman–Crippen MR) is 106 cm³/mol. The molecule has 0 aromatic carbocycles. The molecular formula is C20H27N3O3S. The van der Waals surface area contributed by atoms with Crippen molar-refractivity contribution in [1.29, 1.82) is 0 Å². The fourth-order valence-electron chi connectivity index (χ4n) is 3.31. The van der Waals surface area contributed by atoms with Gasteiger partial charge in [-0.25, -0.2) is 0 Å². The Morgan fingerprint density at radius 2 is 2.07 bits per heavy atom. The van der Waals surface area contributed by atoms with Gasteiger partial charge in [0.2, 0.25) is 5.91 Å². The van der Waals surface area contributed by atoms with Crippen LogP contribution in [0.25, 0.3) is 0 Å². The molecule has 7 heteroatoms. The predicted octanol–water partition coefficient (Wildman–Crippen LogP) is 3.05. The molecule has 27 heavy (non-hydrogen) atoms. The SMILES string of the molecule is CC1CCN(C(CNC(=O)CCNC(=O)c2ccco2)c2cccs2)CC1. The molecule has 0 bridgehead atoms. The summed E-state index contributed by atoms with van der Waals surface area (Å²) in [7, 11) is 0. The molecule has 2 N–H and O–H groups in total. The standard InChI is InChI=1S/C20H27N3O3S/c1-15-7-10-23(11-8-15)16(18-5-3-13-27-18)14-22-19(24)6-9-21-20(25)17-4-2-12-26-17/h2-5,12-13,15-16H,6-11,14H2,1H3,(H,21,25)(H,22,24). The molecule has 2 aromatic heterocycles. The van der Waals surface area contributed by atoms with Crippen LogP contribution in [0, 0.1) is 5.92 Å². The minimum atomic E-state index is -0.299. The summed E-state index contributed by atoms with van der Waals surface area (Å²) >= 11 is 1.74. The smallest absolute Gasteiger partial charge is 0.286 e. The Morgan fingerprint density at radius 3 is 2.74 bits per heavy atom. The van der Waals surface area contributed by atoms with Crippen LogP contribution in [0.1, 0.15) is 47.7 Å². The minimum Gasteiger partial charge on any atom is -0.459 e. The van der Waals surface area contributed by atoms with Crippen molar-refractivity contribution < 1.29 is 14.0 Å². The normalized spacial score (nSPS) is 16.8. The quantitative estimate of drug-likeness (QED) is 0.728. The molecular weight excluding hydrogens is 362 g/mol. The van der Waals surface area contributed by atoms with Crippen LogP contribution in [0.15, 0.2) is 40.3 Å². The Balaban J connectivity index is 1.45. The first-order valence-corrected chi connectivity index (χ1v) is 10.4. The average molecular weight is 390 g/mol. The van der Waals surface area contributed by atoms with Crippen LogP contribution in [0.5, 0.6) is 0 Å². The molecule has 2 aromatic rings. The first kappa shape index (κ1) is 19.6. The van der Waals surface area contributed by atoms with Gasteiger partial charge < -0.3 is 15.1 Å². The first-order chi connectivity index (χ1) is 13.1. The average Bonchev–Trinajstić information content (AvgIpc) is 3.37. The highest BCUT2D eigenvalue weighted by atomic mass is 32.1. The topological polar surface area (TPSA) is 74.6 Å². The van der Waals surface area contributed by atoms with E-state index in [9.17, 15) is 9.59 Å². The van der Waals surface area contributed by atoms with E-state index in [0.29, 0.717) is 6.54 Å². The van der Waals surface area contributed by atoms with Crippen LogP contribution in [-0.2, 0) is 4.79 Å². The molecule has 1 aliphatic heterocycles. The molecule has 1 atom stereocenters. The molecule has 0 radical (unpaired) electrons. The summed E-state index contributed by atoms with van der Waals surface area (Å²) < 4.78 is 5.03. The summed E-state index contributed by atoms with van der Waals surface area (Å²) in [5.74, 6) is 0.679. The van der Waals surface area contributed by atoms with Crippen molar-refractivity contribution in [1.82, 2.24) is 15.5 Å². The van der Waals surface area contributed by atoms with Gasteiger partial charge in [-0.3, -0.25) is 14.5 Å². The van der Waals surface area contributed by atoms with E-state index in [1.54, 1.807) is 23.5 Å². The van der Waals surface area contributed by atoms with E-state index in [1.165, 1.54) is 24.0 Å². The van der Waals surface area contributed by atoms with Crippen molar-refractivity contribution in [2.24, 2.45) is 5.92 Å². The fraction of sp³-hybridized carbons (Fsp3) is 0.500. The molecule has 1 unspecified atom stereocenters. The second-order valence-electron chi connectivity index (χ2n) is 7.04. The lowest BCUT2D eigenvalue weighted by Crippen LogP contribution is -2.42. The summed E-state index contributed by atoms with van der Waals surface area (Å²) in [5.41, 5.74) is 0. The monoisotopic (exact) mass is 389 g/mol. The molecule has 3 rings (SSSR count). The third kappa shape index (κ3) is 5.68. The van der Waals surface area contributed by atoms with Crippen molar-refractivity contribution in [2.45, 2.75) is 32.2 Å². The number of carbonyl (C=O) groups excluding carboxylic acids is 2. The highest BCUT2D eigenvalue weighted by Gasteiger charge is 2.25. The van der Waals surface area contributed by atoms with E-state index < -0.39 is 0 Å². The molecule has 1 fully saturated rings. The molecule has 2 amide bonds. The van der Waals surface area contributed by atoms with Gasteiger partial charge in [-0.1, -0.05) is 13.0 Å². The fourth-order valence-corrected chi connectivity index (χ4v) is 4.17.